The standard InChI is InChI=1S/C15H16BrNO4/c1-19-11-5-3-4-10(8-11)13(20-2)9-17-15(18)12-6-7-14(16)21-12/h3-8,13H,9H2,1-2H3,(H,17,18). The van der Waals surface area contributed by atoms with Crippen LogP contribution < -0.4 is 10.1 Å². The Morgan fingerprint density at radius 2 is 2.14 bits per heavy atom. The Balaban J connectivity index is 2.00. The number of carbonyl (C=O) groups excluding carboxylic acids is 1. The van der Waals surface area contributed by atoms with Crippen molar-refractivity contribution in [2.75, 3.05) is 20.8 Å². The first-order valence-corrected chi connectivity index (χ1v) is 7.13. The summed E-state index contributed by atoms with van der Waals surface area (Å²) in [6, 6.07) is 10.8. The van der Waals surface area contributed by atoms with Gasteiger partial charge >= 0.3 is 0 Å². The van der Waals surface area contributed by atoms with Gasteiger partial charge in [0.25, 0.3) is 5.91 Å². The third kappa shape index (κ3) is 4.09. The fraction of sp³-hybridized carbons (Fsp3) is 0.267. The Morgan fingerprint density at radius 1 is 1.33 bits per heavy atom. The Bertz CT molecular complexity index is 611. The smallest absolute Gasteiger partial charge is 0.287 e. The number of ether oxygens (including phenoxy) is 2. The Morgan fingerprint density at radius 3 is 2.76 bits per heavy atom. The van der Waals surface area contributed by atoms with Gasteiger partial charge in [0.05, 0.1) is 13.2 Å². The van der Waals surface area contributed by atoms with E-state index >= 15 is 0 Å². The van der Waals surface area contributed by atoms with Gasteiger partial charge < -0.3 is 19.2 Å². The van der Waals surface area contributed by atoms with Gasteiger partial charge in [-0.2, -0.15) is 0 Å². The van der Waals surface area contributed by atoms with Crippen LogP contribution in [0.1, 0.15) is 22.2 Å². The first-order chi connectivity index (χ1) is 10.1. The van der Waals surface area contributed by atoms with Crippen molar-refractivity contribution in [2.45, 2.75) is 6.10 Å². The van der Waals surface area contributed by atoms with Crippen molar-refractivity contribution in [3.63, 3.8) is 0 Å². The van der Waals surface area contributed by atoms with E-state index < -0.39 is 0 Å². The van der Waals surface area contributed by atoms with Crippen molar-refractivity contribution >= 4 is 21.8 Å². The average molecular weight is 354 g/mol. The molecule has 2 aromatic rings. The van der Waals surface area contributed by atoms with Gasteiger partial charge in [0.15, 0.2) is 10.4 Å². The van der Waals surface area contributed by atoms with E-state index in [0.29, 0.717) is 11.2 Å². The molecular formula is C15H16BrNO4. The second kappa shape index (κ2) is 7.28. The minimum atomic E-state index is -0.286. The second-order valence-electron chi connectivity index (χ2n) is 4.31. The Kier molecular flexibility index (Phi) is 5.41. The maximum Gasteiger partial charge on any atom is 0.287 e. The molecule has 1 aromatic carbocycles. The van der Waals surface area contributed by atoms with Gasteiger partial charge in [-0.05, 0) is 45.8 Å². The Labute approximate surface area is 131 Å². The van der Waals surface area contributed by atoms with Gasteiger partial charge in [0, 0.05) is 13.7 Å². The highest BCUT2D eigenvalue weighted by molar-refractivity contribution is 9.10. The number of halogens is 1. The fourth-order valence-electron chi connectivity index (χ4n) is 1.89. The number of carbonyl (C=O) groups is 1. The number of amides is 1. The maximum absolute atomic E-state index is 11.9. The molecular weight excluding hydrogens is 338 g/mol. The monoisotopic (exact) mass is 353 g/mol. The van der Waals surface area contributed by atoms with Crippen LogP contribution in [0, 0.1) is 0 Å². The molecule has 0 saturated carbocycles. The lowest BCUT2D eigenvalue weighted by atomic mass is 10.1. The van der Waals surface area contributed by atoms with E-state index in [1.54, 1.807) is 26.4 Å². The summed E-state index contributed by atoms with van der Waals surface area (Å²) in [5, 5.41) is 2.78. The molecule has 0 aliphatic heterocycles. The van der Waals surface area contributed by atoms with Crippen molar-refractivity contribution in [3.8, 4) is 5.75 Å². The minimum Gasteiger partial charge on any atom is -0.497 e. The van der Waals surface area contributed by atoms with Crippen LogP contribution in [0.2, 0.25) is 0 Å². The summed E-state index contributed by atoms with van der Waals surface area (Å²) in [5.41, 5.74) is 0.928. The highest BCUT2D eigenvalue weighted by Gasteiger charge is 2.15. The summed E-state index contributed by atoms with van der Waals surface area (Å²) in [6.45, 7) is 0.334. The first-order valence-electron chi connectivity index (χ1n) is 6.34. The van der Waals surface area contributed by atoms with Crippen LogP contribution in [0.15, 0.2) is 45.5 Å². The first kappa shape index (κ1) is 15.6. The predicted molar refractivity (Wildman–Crippen MR) is 81.5 cm³/mol. The highest BCUT2D eigenvalue weighted by Crippen LogP contribution is 2.21. The average Bonchev–Trinajstić information content (AvgIpc) is 2.94. The van der Waals surface area contributed by atoms with Gasteiger partial charge in [0.1, 0.15) is 5.75 Å². The zero-order chi connectivity index (χ0) is 15.2. The Hall–Kier alpha value is -1.79. The molecule has 6 heteroatoms. The van der Waals surface area contributed by atoms with Crippen molar-refractivity contribution in [1.29, 1.82) is 0 Å². The molecule has 1 heterocycles. The molecule has 2 rings (SSSR count). The summed E-state index contributed by atoms with van der Waals surface area (Å²) >= 11 is 3.16. The number of furan rings is 1. The molecule has 0 aliphatic rings. The molecule has 0 aliphatic carbocycles. The molecule has 0 radical (unpaired) electrons. The third-order valence-corrected chi connectivity index (χ3v) is 3.42. The molecule has 0 bridgehead atoms. The van der Waals surface area contributed by atoms with Crippen molar-refractivity contribution in [1.82, 2.24) is 5.32 Å². The minimum absolute atomic E-state index is 0.252. The predicted octanol–water partition coefficient (Wildman–Crippen LogP) is 3.17. The van der Waals surface area contributed by atoms with Gasteiger partial charge in [-0.15, -0.1) is 0 Å². The maximum atomic E-state index is 11.9. The quantitative estimate of drug-likeness (QED) is 0.866. The van der Waals surface area contributed by atoms with Crippen LogP contribution in [0.3, 0.4) is 0 Å². The SMILES string of the molecule is COc1cccc(C(CNC(=O)c2ccc(Br)o2)OC)c1. The molecule has 1 unspecified atom stereocenters. The number of rotatable bonds is 6. The normalized spacial score (nSPS) is 12.0. The summed E-state index contributed by atoms with van der Waals surface area (Å²) in [7, 11) is 3.21. The second-order valence-corrected chi connectivity index (χ2v) is 5.10. The molecule has 1 atom stereocenters. The van der Waals surface area contributed by atoms with E-state index in [-0.39, 0.29) is 17.8 Å². The molecule has 112 valence electrons. The summed E-state index contributed by atoms with van der Waals surface area (Å²) < 4.78 is 16.3. The zero-order valence-corrected chi connectivity index (χ0v) is 13.3. The largest absolute Gasteiger partial charge is 0.497 e. The van der Waals surface area contributed by atoms with Crippen LogP contribution in [-0.4, -0.2) is 26.7 Å². The van der Waals surface area contributed by atoms with Gasteiger partial charge in [-0.1, -0.05) is 12.1 Å². The summed E-state index contributed by atoms with van der Waals surface area (Å²) in [6.07, 6.45) is -0.262. The van der Waals surface area contributed by atoms with E-state index in [9.17, 15) is 4.79 Å². The van der Waals surface area contributed by atoms with Crippen molar-refractivity contribution in [2.24, 2.45) is 0 Å². The lowest BCUT2D eigenvalue weighted by Gasteiger charge is -2.16. The zero-order valence-electron chi connectivity index (χ0n) is 11.8. The summed E-state index contributed by atoms with van der Waals surface area (Å²) in [4.78, 5) is 11.9. The third-order valence-electron chi connectivity index (χ3n) is 3.00. The number of benzene rings is 1. The van der Waals surface area contributed by atoms with Crippen molar-refractivity contribution in [3.05, 3.63) is 52.4 Å². The number of methoxy groups -OCH3 is 2. The van der Waals surface area contributed by atoms with Gasteiger partial charge in [0.2, 0.25) is 0 Å². The van der Waals surface area contributed by atoms with Crippen molar-refractivity contribution < 1.29 is 18.7 Å². The molecule has 0 fully saturated rings. The van der Waals surface area contributed by atoms with Crippen LogP contribution in [-0.2, 0) is 4.74 Å². The van der Waals surface area contributed by atoms with E-state index in [1.807, 2.05) is 24.3 Å². The van der Waals surface area contributed by atoms with E-state index in [1.165, 1.54) is 0 Å². The molecule has 5 nitrogen and oxygen atoms in total. The number of nitrogens with one attached hydrogen (secondary N) is 1. The van der Waals surface area contributed by atoms with Crippen LogP contribution in [0.25, 0.3) is 0 Å². The molecule has 21 heavy (non-hydrogen) atoms. The molecule has 1 amide bonds. The fourth-order valence-corrected chi connectivity index (χ4v) is 2.19. The van der Waals surface area contributed by atoms with E-state index in [4.69, 9.17) is 13.9 Å². The summed E-state index contributed by atoms with van der Waals surface area (Å²) in [5.74, 6) is 0.712. The molecule has 0 saturated heterocycles. The lowest BCUT2D eigenvalue weighted by Crippen LogP contribution is -2.28. The topological polar surface area (TPSA) is 60.7 Å². The van der Waals surface area contributed by atoms with Gasteiger partial charge in [-0.25, -0.2) is 0 Å². The van der Waals surface area contributed by atoms with Crippen LogP contribution in [0.5, 0.6) is 5.75 Å². The highest BCUT2D eigenvalue weighted by atomic mass is 79.9. The molecule has 0 spiro atoms. The molecule has 1 N–H and O–H groups in total. The van der Waals surface area contributed by atoms with Crippen LogP contribution in [0.4, 0.5) is 0 Å². The number of hydrogen-bond acceptors (Lipinski definition) is 4. The van der Waals surface area contributed by atoms with Gasteiger partial charge in [-0.3, -0.25) is 4.79 Å². The lowest BCUT2D eigenvalue weighted by molar-refractivity contribution is 0.0806. The number of hydrogen-bond donors (Lipinski definition) is 1. The van der Waals surface area contributed by atoms with E-state index in [2.05, 4.69) is 21.2 Å². The molecule has 1 aromatic heterocycles. The van der Waals surface area contributed by atoms with E-state index in [0.717, 1.165) is 11.3 Å². The van der Waals surface area contributed by atoms with Crippen LogP contribution >= 0.6 is 15.9 Å².